The fraction of sp³-hybridized carbons (Fsp3) is 0.667. The van der Waals surface area contributed by atoms with Gasteiger partial charge in [0.1, 0.15) is 53.2 Å². The van der Waals surface area contributed by atoms with Crippen molar-refractivity contribution in [3.63, 3.8) is 0 Å². The van der Waals surface area contributed by atoms with E-state index in [1.54, 1.807) is 6.07 Å². The van der Waals surface area contributed by atoms with Gasteiger partial charge in [0, 0.05) is 24.1 Å². The molecule has 2 saturated heterocycles. The molecule has 9 atom stereocenters. The zero-order chi connectivity index (χ0) is 31.0. The van der Waals surface area contributed by atoms with Gasteiger partial charge in [-0.1, -0.05) is 0 Å². The number of rotatable bonds is 11. The molecule has 15 heteroatoms. The minimum atomic E-state index is -1.93. The molecule has 0 aliphatic carbocycles. The maximum atomic E-state index is 12.0. The lowest BCUT2D eigenvalue weighted by Crippen LogP contribution is -2.61. The van der Waals surface area contributed by atoms with Crippen molar-refractivity contribution in [2.75, 3.05) is 34.0 Å². The van der Waals surface area contributed by atoms with Crippen molar-refractivity contribution in [2.45, 2.75) is 80.7 Å². The standard InChI is InChI=1S/C27H38O15/c1-26(2,17(29)7-13-15(37-4)8-14(36-3)12-5-6-18(30)41-22(12)13)42-24-21(33)20(32)19(31)16(40-24)9-38-25-23(34)27(35,10-28)11-39-25/h5-6,8,16-17,19-21,23-25,28-29,31-35H,7,9-11H2,1-4H3/t16-,17+,19+,20+,21+,23+,24+,25+,27+/m0/s1. The minimum absolute atomic E-state index is 0.141. The van der Waals surface area contributed by atoms with Crippen LogP contribution in [0.2, 0.25) is 0 Å². The van der Waals surface area contributed by atoms with Crippen LogP contribution in [0.3, 0.4) is 0 Å². The first-order chi connectivity index (χ1) is 19.8. The summed E-state index contributed by atoms with van der Waals surface area (Å²) < 4.78 is 38.5. The van der Waals surface area contributed by atoms with Crippen LogP contribution in [-0.4, -0.2) is 130 Å². The molecule has 0 unspecified atom stereocenters. The highest BCUT2D eigenvalue weighted by Crippen LogP contribution is 2.38. The van der Waals surface area contributed by atoms with Crippen molar-refractivity contribution in [1.82, 2.24) is 0 Å². The average Bonchev–Trinajstić information content (AvgIpc) is 3.25. The number of hydrogen-bond donors (Lipinski definition) is 7. The number of fused-ring (bicyclic) bond motifs is 1. The Bertz CT molecular complexity index is 1280. The molecule has 7 N–H and O–H groups in total. The largest absolute Gasteiger partial charge is 0.496 e. The van der Waals surface area contributed by atoms with Crippen LogP contribution in [0, 0.1) is 0 Å². The first kappa shape index (κ1) is 32.5. The van der Waals surface area contributed by atoms with E-state index in [4.69, 9.17) is 32.8 Å². The van der Waals surface area contributed by atoms with Crippen molar-refractivity contribution in [2.24, 2.45) is 0 Å². The minimum Gasteiger partial charge on any atom is -0.496 e. The second-order valence-electron chi connectivity index (χ2n) is 10.9. The fourth-order valence-corrected chi connectivity index (χ4v) is 4.87. The summed E-state index contributed by atoms with van der Waals surface area (Å²) >= 11 is 0. The maximum absolute atomic E-state index is 12.0. The smallest absolute Gasteiger partial charge is 0.336 e. The quantitative estimate of drug-likeness (QED) is 0.135. The van der Waals surface area contributed by atoms with Crippen molar-refractivity contribution >= 4 is 11.0 Å². The van der Waals surface area contributed by atoms with Crippen LogP contribution in [0.25, 0.3) is 11.0 Å². The van der Waals surface area contributed by atoms with E-state index in [2.05, 4.69) is 0 Å². The van der Waals surface area contributed by atoms with Crippen LogP contribution >= 0.6 is 0 Å². The van der Waals surface area contributed by atoms with E-state index in [1.807, 2.05) is 0 Å². The Balaban J connectivity index is 1.50. The molecular formula is C27H38O15. The first-order valence-corrected chi connectivity index (χ1v) is 13.2. The van der Waals surface area contributed by atoms with Crippen LogP contribution in [-0.2, 0) is 25.4 Å². The van der Waals surface area contributed by atoms with Crippen molar-refractivity contribution in [3.8, 4) is 11.5 Å². The van der Waals surface area contributed by atoms with Crippen molar-refractivity contribution in [3.05, 3.63) is 34.2 Å². The Hall–Kier alpha value is -2.41. The lowest BCUT2D eigenvalue weighted by atomic mass is 9.92. The molecular weight excluding hydrogens is 564 g/mol. The Morgan fingerprint density at radius 1 is 1.05 bits per heavy atom. The Kier molecular flexibility index (Phi) is 9.81. The molecule has 3 heterocycles. The summed E-state index contributed by atoms with van der Waals surface area (Å²) in [7, 11) is 2.85. The van der Waals surface area contributed by atoms with Crippen molar-refractivity contribution in [1.29, 1.82) is 0 Å². The predicted octanol–water partition coefficient (Wildman–Crippen LogP) is -2.23. The Morgan fingerprint density at radius 3 is 2.36 bits per heavy atom. The van der Waals surface area contributed by atoms with Gasteiger partial charge in [0.25, 0.3) is 0 Å². The number of aliphatic hydroxyl groups is 7. The summed E-state index contributed by atoms with van der Waals surface area (Å²) in [4.78, 5) is 12.0. The molecule has 0 amide bonds. The van der Waals surface area contributed by atoms with Gasteiger partial charge in [-0.3, -0.25) is 0 Å². The summed E-state index contributed by atoms with van der Waals surface area (Å²) in [6.07, 6.45) is -12.4. The van der Waals surface area contributed by atoms with Gasteiger partial charge in [0.2, 0.25) is 0 Å². The predicted molar refractivity (Wildman–Crippen MR) is 141 cm³/mol. The fourth-order valence-electron chi connectivity index (χ4n) is 4.87. The molecule has 2 aromatic rings. The van der Waals surface area contributed by atoms with Gasteiger partial charge in [-0.05, 0) is 19.9 Å². The molecule has 15 nitrogen and oxygen atoms in total. The molecule has 2 aliphatic rings. The summed E-state index contributed by atoms with van der Waals surface area (Å²) in [6.45, 7) is 1.36. The van der Waals surface area contributed by atoms with E-state index >= 15 is 0 Å². The van der Waals surface area contributed by atoms with Crippen LogP contribution in [0.4, 0.5) is 0 Å². The highest BCUT2D eigenvalue weighted by Gasteiger charge is 2.51. The van der Waals surface area contributed by atoms with E-state index in [1.165, 1.54) is 40.2 Å². The molecule has 4 rings (SSSR count). The molecule has 1 aromatic heterocycles. The second-order valence-corrected chi connectivity index (χ2v) is 10.9. The van der Waals surface area contributed by atoms with E-state index in [9.17, 15) is 40.5 Å². The van der Waals surface area contributed by atoms with E-state index in [0.29, 0.717) is 16.7 Å². The zero-order valence-corrected chi connectivity index (χ0v) is 23.6. The molecule has 0 saturated carbocycles. The molecule has 0 radical (unpaired) electrons. The lowest BCUT2D eigenvalue weighted by molar-refractivity contribution is -0.336. The summed E-state index contributed by atoms with van der Waals surface area (Å²) in [5, 5.41) is 72.9. The van der Waals surface area contributed by atoms with Crippen LogP contribution in [0.15, 0.2) is 27.4 Å². The molecule has 236 valence electrons. The third kappa shape index (κ3) is 6.27. The SMILES string of the molecule is COc1cc(OC)c2ccc(=O)oc2c1C[C@@H](O)C(C)(C)O[C@H]1O[C@@H](CO[C@@H]2OC[C@](O)(CO)[C@@H]2O)[C@@H](O)[C@@H](O)[C@H]1O. The van der Waals surface area contributed by atoms with Crippen molar-refractivity contribution < 1.29 is 68.6 Å². The molecule has 0 spiro atoms. The number of aliphatic hydroxyl groups excluding tert-OH is 6. The van der Waals surface area contributed by atoms with Gasteiger partial charge in [0.15, 0.2) is 12.6 Å². The number of methoxy groups -OCH3 is 2. The Morgan fingerprint density at radius 2 is 1.74 bits per heavy atom. The molecule has 2 fully saturated rings. The van der Waals surface area contributed by atoms with Crippen LogP contribution < -0.4 is 15.1 Å². The van der Waals surface area contributed by atoms with Gasteiger partial charge in [-0.25, -0.2) is 4.79 Å². The summed E-state index contributed by atoms with van der Waals surface area (Å²) in [5.74, 6) is 0.660. The van der Waals surface area contributed by atoms with Gasteiger partial charge >= 0.3 is 5.63 Å². The summed E-state index contributed by atoms with van der Waals surface area (Å²) in [5.41, 5.74) is -3.53. The van der Waals surface area contributed by atoms with Crippen LogP contribution in [0.5, 0.6) is 11.5 Å². The van der Waals surface area contributed by atoms with E-state index < -0.39 is 85.9 Å². The van der Waals surface area contributed by atoms with Gasteiger partial charge in [-0.2, -0.15) is 0 Å². The molecule has 1 aromatic carbocycles. The monoisotopic (exact) mass is 602 g/mol. The summed E-state index contributed by atoms with van der Waals surface area (Å²) in [6, 6.07) is 4.34. The molecule has 0 bridgehead atoms. The Labute approximate surface area is 240 Å². The molecule has 2 aliphatic heterocycles. The van der Waals surface area contributed by atoms with Crippen LogP contribution in [0.1, 0.15) is 19.4 Å². The number of benzene rings is 1. The van der Waals surface area contributed by atoms with E-state index in [-0.39, 0.29) is 17.8 Å². The normalized spacial score (nSPS) is 32.7. The van der Waals surface area contributed by atoms with E-state index in [0.717, 1.165) is 0 Å². The highest BCUT2D eigenvalue weighted by atomic mass is 16.7. The van der Waals surface area contributed by atoms with Gasteiger partial charge in [0.05, 0.1) is 51.1 Å². The van der Waals surface area contributed by atoms with Gasteiger partial charge in [-0.15, -0.1) is 0 Å². The molecule has 42 heavy (non-hydrogen) atoms. The second kappa shape index (κ2) is 12.7. The first-order valence-electron chi connectivity index (χ1n) is 13.2. The maximum Gasteiger partial charge on any atom is 0.336 e. The third-order valence-corrected chi connectivity index (χ3v) is 7.67. The topological polar surface area (TPSA) is 227 Å². The average molecular weight is 603 g/mol. The number of ether oxygens (including phenoxy) is 6. The highest BCUT2D eigenvalue weighted by molar-refractivity contribution is 5.88. The third-order valence-electron chi connectivity index (χ3n) is 7.67. The van der Waals surface area contributed by atoms with Gasteiger partial charge < -0.3 is 68.6 Å². The zero-order valence-electron chi connectivity index (χ0n) is 23.6. The lowest BCUT2D eigenvalue weighted by Gasteiger charge is -2.44. The number of hydrogen-bond acceptors (Lipinski definition) is 15.